The normalized spacial score (nSPS) is 10.5. The lowest BCUT2D eigenvalue weighted by atomic mass is 10.2. The number of tetrazole rings is 1. The number of hydrogen-bond donors (Lipinski definition) is 0. The van der Waals surface area contributed by atoms with Gasteiger partial charge in [-0.2, -0.15) is 4.68 Å². The third kappa shape index (κ3) is 3.69. The Morgan fingerprint density at radius 1 is 0.960 bits per heavy atom. The number of rotatable bonds is 7. The van der Waals surface area contributed by atoms with Crippen LogP contribution in [-0.4, -0.2) is 41.5 Å². The predicted octanol–water partition coefficient (Wildman–Crippen LogP) is 2.98. The Bertz CT molecular complexity index is 814. The van der Waals surface area contributed by atoms with Crippen molar-refractivity contribution in [2.45, 2.75) is 10.9 Å². The summed E-state index contributed by atoms with van der Waals surface area (Å²) in [5.74, 6) is 2.48. The maximum atomic E-state index is 5.39. The highest BCUT2D eigenvalue weighted by Gasteiger charge is 2.15. The Balaban J connectivity index is 1.82. The van der Waals surface area contributed by atoms with Crippen molar-refractivity contribution in [3.63, 3.8) is 0 Å². The maximum absolute atomic E-state index is 5.39. The van der Waals surface area contributed by atoms with Crippen LogP contribution in [0.15, 0.2) is 47.6 Å². The van der Waals surface area contributed by atoms with E-state index in [1.165, 1.54) is 11.8 Å². The highest BCUT2D eigenvalue weighted by Crippen LogP contribution is 2.39. The van der Waals surface area contributed by atoms with Gasteiger partial charge in [-0.15, -0.1) is 5.10 Å². The number of aromatic nitrogens is 4. The molecule has 0 bridgehead atoms. The molecule has 7 nitrogen and oxygen atoms in total. The summed E-state index contributed by atoms with van der Waals surface area (Å²) in [5.41, 5.74) is 1.93. The average molecular weight is 358 g/mol. The van der Waals surface area contributed by atoms with Crippen LogP contribution in [0, 0.1) is 0 Å². The molecule has 0 aliphatic heterocycles. The Labute approximate surface area is 149 Å². The predicted molar refractivity (Wildman–Crippen MR) is 94.8 cm³/mol. The van der Waals surface area contributed by atoms with Gasteiger partial charge in [0.25, 0.3) is 0 Å². The SMILES string of the molecule is COc1cc(CSc2nnnn2-c2ccccc2)cc(OC)c1OC. The third-order valence-corrected chi connectivity index (χ3v) is 4.52. The smallest absolute Gasteiger partial charge is 0.214 e. The van der Waals surface area contributed by atoms with Crippen molar-refractivity contribution in [3.8, 4) is 22.9 Å². The molecule has 3 aromatic rings. The molecule has 0 amide bonds. The van der Waals surface area contributed by atoms with E-state index < -0.39 is 0 Å². The fraction of sp³-hybridized carbons (Fsp3) is 0.235. The summed E-state index contributed by atoms with van der Waals surface area (Å²) >= 11 is 1.53. The molecular weight excluding hydrogens is 340 g/mol. The van der Waals surface area contributed by atoms with E-state index in [-0.39, 0.29) is 0 Å². The number of methoxy groups -OCH3 is 3. The Morgan fingerprint density at radius 3 is 2.24 bits per heavy atom. The molecule has 0 unspecified atom stereocenters. The standard InChI is InChI=1S/C17H18N4O3S/c1-22-14-9-12(10-15(23-2)16(14)24-3)11-25-17-18-19-20-21(17)13-7-5-4-6-8-13/h4-10H,11H2,1-3H3. The topological polar surface area (TPSA) is 71.3 Å². The van der Waals surface area contributed by atoms with E-state index in [1.54, 1.807) is 26.0 Å². The van der Waals surface area contributed by atoms with Gasteiger partial charge in [-0.1, -0.05) is 30.0 Å². The second kappa shape index (κ2) is 7.89. The molecule has 0 spiro atoms. The van der Waals surface area contributed by atoms with Gasteiger partial charge in [0.15, 0.2) is 11.5 Å². The molecule has 2 aromatic carbocycles. The summed E-state index contributed by atoms with van der Waals surface area (Å²) in [6.07, 6.45) is 0. The van der Waals surface area contributed by atoms with Crippen LogP contribution in [0.3, 0.4) is 0 Å². The first-order valence-corrected chi connectivity index (χ1v) is 8.51. The molecule has 1 aromatic heterocycles. The van der Waals surface area contributed by atoms with Crippen molar-refractivity contribution >= 4 is 11.8 Å². The molecular formula is C17H18N4O3S. The minimum Gasteiger partial charge on any atom is -0.493 e. The minimum atomic E-state index is 0.577. The summed E-state index contributed by atoms with van der Waals surface area (Å²) in [6, 6.07) is 13.6. The van der Waals surface area contributed by atoms with Crippen LogP contribution in [0.1, 0.15) is 5.56 Å². The van der Waals surface area contributed by atoms with E-state index in [1.807, 2.05) is 42.5 Å². The lowest BCUT2D eigenvalue weighted by Gasteiger charge is -2.14. The molecule has 0 radical (unpaired) electrons. The molecule has 0 saturated carbocycles. The van der Waals surface area contributed by atoms with E-state index in [2.05, 4.69) is 15.5 Å². The van der Waals surface area contributed by atoms with Crippen molar-refractivity contribution < 1.29 is 14.2 Å². The lowest BCUT2D eigenvalue weighted by Crippen LogP contribution is -1.99. The first-order chi connectivity index (χ1) is 12.3. The van der Waals surface area contributed by atoms with Crippen LogP contribution in [-0.2, 0) is 5.75 Å². The van der Waals surface area contributed by atoms with Crippen molar-refractivity contribution in [2.75, 3.05) is 21.3 Å². The quantitative estimate of drug-likeness (QED) is 0.601. The van der Waals surface area contributed by atoms with Crippen LogP contribution in [0.5, 0.6) is 17.2 Å². The fourth-order valence-electron chi connectivity index (χ4n) is 2.37. The maximum Gasteiger partial charge on any atom is 0.214 e. The summed E-state index contributed by atoms with van der Waals surface area (Å²) in [7, 11) is 4.79. The molecule has 8 heteroatoms. The van der Waals surface area contributed by atoms with Gasteiger partial charge in [0.2, 0.25) is 10.9 Å². The molecule has 0 aliphatic carbocycles. The molecule has 130 valence electrons. The van der Waals surface area contributed by atoms with E-state index in [0.717, 1.165) is 11.3 Å². The molecule has 0 atom stereocenters. The van der Waals surface area contributed by atoms with E-state index in [4.69, 9.17) is 14.2 Å². The van der Waals surface area contributed by atoms with Gasteiger partial charge in [-0.25, -0.2) is 0 Å². The number of ether oxygens (including phenoxy) is 3. The number of benzene rings is 2. The molecule has 3 rings (SSSR count). The molecule has 0 fully saturated rings. The zero-order chi connectivity index (χ0) is 17.6. The molecule has 1 heterocycles. The van der Waals surface area contributed by atoms with Crippen LogP contribution in [0.4, 0.5) is 0 Å². The number of hydrogen-bond acceptors (Lipinski definition) is 7. The summed E-state index contributed by atoms with van der Waals surface area (Å²) < 4.78 is 17.8. The number of nitrogens with zero attached hydrogens (tertiary/aromatic N) is 4. The van der Waals surface area contributed by atoms with Gasteiger partial charge in [-0.3, -0.25) is 0 Å². The highest BCUT2D eigenvalue weighted by molar-refractivity contribution is 7.98. The zero-order valence-corrected chi connectivity index (χ0v) is 15.0. The zero-order valence-electron chi connectivity index (χ0n) is 14.2. The monoisotopic (exact) mass is 358 g/mol. The van der Waals surface area contributed by atoms with E-state index in [0.29, 0.717) is 28.2 Å². The number of para-hydroxylation sites is 1. The molecule has 0 aliphatic rings. The highest BCUT2D eigenvalue weighted by atomic mass is 32.2. The van der Waals surface area contributed by atoms with E-state index >= 15 is 0 Å². The second-order valence-corrected chi connectivity index (χ2v) is 5.97. The summed E-state index contributed by atoms with van der Waals surface area (Å²) in [5, 5.41) is 12.6. The molecule has 0 saturated heterocycles. The van der Waals surface area contributed by atoms with Gasteiger partial charge in [-0.05, 0) is 40.3 Å². The van der Waals surface area contributed by atoms with E-state index in [9.17, 15) is 0 Å². The number of thioether (sulfide) groups is 1. The molecule has 25 heavy (non-hydrogen) atoms. The summed E-state index contributed by atoms with van der Waals surface area (Å²) in [6.45, 7) is 0. The van der Waals surface area contributed by atoms with Crippen LogP contribution in [0.25, 0.3) is 5.69 Å². The first kappa shape index (κ1) is 17.1. The fourth-order valence-corrected chi connectivity index (χ4v) is 3.19. The van der Waals surface area contributed by atoms with Gasteiger partial charge in [0.05, 0.1) is 27.0 Å². The minimum absolute atomic E-state index is 0.577. The van der Waals surface area contributed by atoms with Gasteiger partial charge in [0, 0.05) is 5.75 Å². The van der Waals surface area contributed by atoms with Crippen molar-refractivity contribution in [1.29, 1.82) is 0 Å². The van der Waals surface area contributed by atoms with Gasteiger partial charge < -0.3 is 14.2 Å². The Kier molecular flexibility index (Phi) is 5.39. The Hall–Kier alpha value is -2.74. The van der Waals surface area contributed by atoms with Gasteiger partial charge in [0.1, 0.15) is 0 Å². The second-order valence-electron chi connectivity index (χ2n) is 5.03. The first-order valence-electron chi connectivity index (χ1n) is 7.52. The van der Waals surface area contributed by atoms with Crippen molar-refractivity contribution in [1.82, 2.24) is 20.2 Å². The third-order valence-electron chi connectivity index (χ3n) is 3.53. The summed E-state index contributed by atoms with van der Waals surface area (Å²) in [4.78, 5) is 0. The van der Waals surface area contributed by atoms with Crippen molar-refractivity contribution in [2.24, 2.45) is 0 Å². The molecule has 0 N–H and O–H groups in total. The van der Waals surface area contributed by atoms with Crippen LogP contribution < -0.4 is 14.2 Å². The largest absolute Gasteiger partial charge is 0.493 e. The van der Waals surface area contributed by atoms with Crippen LogP contribution >= 0.6 is 11.8 Å². The van der Waals surface area contributed by atoms with Gasteiger partial charge >= 0.3 is 0 Å². The average Bonchev–Trinajstić information content (AvgIpc) is 3.14. The Morgan fingerprint density at radius 2 is 1.64 bits per heavy atom. The van der Waals surface area contributed by atoms with Crippen LogP contribution in [0.2, 0.25) is 0 Å². The van der Waals surface area contributed by atoms with Crippen molar-refractivity contribution in [3.05, 3.63) is 48.0 Å². The lowest BCUT2D eigenvalue weighted by molar-refractivity contribution is 0.324.